The highest BCUT2D eigenvalue weighted by molar-refractivity contribution is 5.80. The molecule has 0 unspecified atom stereocenters. The Kier molecular flexibility index (Phi) is 5.14. The molecule has 94 valence electrons. The van der Waals surface area contributed by atoms with Gasteiger partial charge in [-0.2, -0.15) is 5.10 Å². The van der Waals surface area contributed by atoms with Gasteiger partial charge in [0.2, 0.25) is 0 Å². The van der Waals surface area contributed by atoms with Crippen LogP contribution in [0.4, 0.5) is 0 Å². The maximum absolute atomic E-state index is 10.1. The van der Waals surface area contributed by atoms with E-state index in [0.29, 0.717) is 0 Å². The van der Waals surface area contributed by atoms with E-state index in [2.05, 4.69) is 21.4 Å². The largest absolute Gasteiger partial charge is 0.540 e. The number of carboxylic acids is 1. The zero-order valence-electron chi connectivity index (χ0n) is 8.10. The number of nitrogens with one attached hydrogen (secondary N) is 2. The Bertz CT molecular complexity index is 419. The van der Waals surface area contributed by atoms with Crippen LogP contribution in [0.25, 0.3) is 0 Å². The summed E-state index contributed by atoms with van der Waals surface area (Å²) in [7, 11) is 0. The van der Waals surface area contributed by atoms with Crippen LogP contribution in [0.2, 0.25) is 0 Å². The molecule has 14 nitrogen and oxygen atoms in total. The standard InChI is InChI=1S/C2H2N6O4.CH6N4/c9-2(10)1-3-4-5-7(1)6-8(11)12;2-1(3)5-4/h6H,(H,9,10);4H2,(H4,2,3,5). The van der Waals surface area contributed by atoms with E-state index in [1.807, 2.05) is 5.10 Å². The molecule has 0 spiro atoms. The Hall–Kier alpha value is -3.19. The van der Waals surface area contributed by atoms with Crippen LogP contribution in [0.1, 0.15) is 10.6 Å². The number of carboxylic acid groups (broad SMARTS) is 1. The van der Waals surface area contributed by atoms with Gasteiger partial charge in [-0.25, -0.2) is 0 Å². The maximum atomic E-state index is 10.1. The van der Waals surface area contributed by atoms with E-state index in [9.17, 15) is 20.0 Å². The van der Waals surface area contributed by atoms with Crippen molar-refractivity contribution >= 4 is 11.9 Å². The fourth-order valence-corrected chi connectivity index (χ4v) is 0.459. The first-order chi connectivity index (χ1) is 7.88. The zero-order valence-corrected chi connectivity index (χ0v) is 8.10. The molecule has 0 aliphatic heterocycles. The Balaban J connectivity index is 0.000000437. The van der Waals surface area contributed by atoms with Crippen molar-refractivity contribution in [1.82, 2.24) is 20.3 Å². The van der Waals surface area contributed by atoms with Crippen molar-refractivity contribution < 1.29 is 20.0 Å². The predicted molar refractivity (Wildman–Crippen MR) is 47.0 cm³/mol. The first kappa shape index (κ1) is 13.8. The molecule has 8 N–H and O–H groups in total. The number of tetrazole rings is 1. The Morgan fingerprint density at radius 3 is 2.41 bits per heavy atom. The summed E-state index contributed by atoms with van der Waals surface area (Å²) in [6, 6.07) is 0. The summed E-state index contributed by atoms with van der Waals surface area (Å²) in [5.74, 6) is 2.18. The van der Waals surface area contributed by atoms with Gasteiger partial charge in [-0.05, 0) is 5.53 Å². The number of guanidine groups is 1. The highest BCUT2D eigenvalue weighted by Gasteiger charge is 2.13. The average molecular weight is 248 g/mol. The second kappa shape index (κ2) is 6.32. The topological polar surface area (TPSA) is 231 Å². The summed E-state index contributed by atoms with van der Waals surface area (Å²) >= 11 is 0. The number of nitro groups is 1. The predicted octanol–water partition coefficient (Wildman–Crippen LogP) is -7.01. The molecule has 0 aromatic carbocycles. The van der Waals surface area contributed by atoms with E-state index in [1.165, 1.54) is 5.53 Å². The summed E-state index contributed by atoms with van der Waals surface area (Å²) in [4.78, 5) is 20.2. The summed E-state index contributed by atoms with van der Waals surface area (Å²) in [6.07, 6.45) is 0. The fourth-order valence-electron chi connectivity index (χ4n) is 0.459. The van der Waals surface area contributed by atoms with Crippen LogP contribution in [-0.4, -0.2) is 37.3 Å². The van der Waals surface area contributed by atoms with Crippen molar-refractivity contribution in [2.45, 2.75) is 0 Å². The van der Waals surface area contributed by atoms with E-state index >= 15 is 0 Å². The lowest BCUT2D eigenvalue weighted by molar-refractivity contribution is -0.471. The third kappa shape index (κ3) is 5.30. The number of hydrazone groups is 1. The van der Waals surface area contributed by atoms with Crippen molar-refractivity contribution in [2.24, 2.45) is 17.3 Å². The molecule has 1 heterocycles. The van der Waals surface area contributed by atoms with Crippen molar-refractivity contribution in [2.75, 3.05) is 5.53 Å². The van der Waals surface area contributed by atoms with Gasteiger partial charge in [-0.1, -0.05) is 5.10 Å². The van der Waals surface area contributed by atoms with Crippen molar-refractivity contribution in [3.8, 4) is 0 Å². The second-order valence-corrected chi connectivity index (χ2v) is 2.16. The average Bonchev–Trinajstić information content (AvgIpc) is 2.65. The zero-order chi connectivity index (χ0) is 13.4. The molecule has 0 saturated heterocycles. The monoisotopic (exact) mass is 248 g/mol. The molecule has 0 saturated carbocycles. The van der Waals surface area contributed by atoms with E-state index in [-0.39, 0.29) is 10.8 Å². The van der Waals surface area contributed by atoms with Gasteiger partial charge in [0.05, 0.1) is 10.2 Å². The molecule has 0 bridgehead atoms. The van der Waals surface area contributed by atoms with Gasteiger partial charge in [-0.15, -0.1) is 0 Å². The minimum absolute atomic E-state index is 0.0324. The Labute approximate surface area is 92.1 Å². The molecule has 0 amide bonds. The minimum atomic E-state index is -1.71. The number of aromatic carboxylic acids is 1. The van der Waals surface area contributed by atoms with Gasteiger partial charge in [0, 0.05) is 10.0 Å². The number of carbonyl (C=O) groups is 1. The lowest BCUT2D eigenvalue weighted by atomic mass is 10.6. The van der Waals surface area contributed by atoms with Crippen LogP contribution in [-0.2, 0) is 0 Å². The number of carbonyl (C=O) groups excluding carboxylic acids is 1. The first-order valence-electron chi connectivity index (χ1n) is 3.63. The molecular weight excluding hydrogens is 240 g/mol. The summed E-state index contributed by atoms with van der Waals surface area (Å²) < 4.78 is 0. The molecular formula is C3H8N10O4. The highest BCUT2D eigenvalue weighted by Crippen LogP contribution is 1.84. The molecule has 0 atom stereocenters. The highest BCUT2D eigenvalue weighted by atomic mass is 16.7. The SMILES string of the molecule is N[NH+]=C(N)N.O=C([O-])c1nnnn1N[N+](=O)[O-]. The van der Waals surface area contributed by atoms with Crippen LogP contribution in [0, 0.1) is 10.1 Å². The lowest BCUT2D eigenvalue weighted by Gasteiger charge is -1.97. The molecule has 17 heavy (non-hydrogen) atoms. The third-order valence-electron chi connectivity index (χ3n) is 0.995. The number of hydrazine groups is 2. The summed E-state index contributed by atoms with van der Waals surface area (Å²) in [5, 5.41) is 29.7. The molecule has 0 aliphatic rings. The van der Waals surface area contributed by atoms with Gasteiger partial charge in [0.1, 0.15) is 5.97 Å². The van der Waals surface area contributed by atoms with E-state index in [1.54, 1.807) is 0 Å². The molecule has 0 fully saturated rings. The van der Waals surface area contributed by atoms with E-state index in [0.717, 1.165) is 0 Å². The maximum Gasteiger partial charge on any atom is 0.360 e. The van der Waals surface area contributed by atoms with Crippen molar-refractivity contribution in [3.05, 3.63) is 15.9 Å². The number of aromatic nitrogens is 4. The number of hydrogen-bond donors (Lipinski definition) is 5. The van der Waals surface area contributed by atoms with Gasteiger partial charge >= 0.3 is 11.8 Å². The summed E-state index contributed by atoms with van der Waals surface area (Å²) in [5.41, 5.74) is 10.9. The van der Waals surface area contributed by atoms with Gasteiger partial charge < -0.3 is 20.0 Å². The molecule has 0 aliphatic carbocycles. The lowest BCUT2D eigenvalue weighted by Crippen LogP contribution is -2.84. The number of hydrogen-bond acceptors (Lipinski definition) is 8. The first-order valence-corrected chi connectivity index (χ1v) is 3.63. The molecule has 14 heteroatoms. The van der Waals surface area contributed by atoms with E-state index < -0.39 is 16.8 Å². The quantitative estimate of drug-likeness (QED) is 0.111. The van der Waals surface area contributed by atoms with Crippen LogP contribution in [0.5, 0.6) is 0 Å². The van der Waals surface area contributed by atoms with Crippen LogP contribution >= 0.6 is 0 Å². The molecule has 1 aromatic rings. The number of nitrogens with zero attached hydrogens (tertiary/aromatic N) is 5. The van der Waals surface area contributed by atoms with E-state index in [4.69, 9.17) is 11.5 Å². The minimum Gasteiger partial charge on any atom is -0.540 e. The second-order valence-electron chi connectivity index (χ2n) is 2.16. The van der Waals surface area contributed by atoms with Crippen LogP contribution in [0.3, 0.4) is 0 Å². The van der Waals surface area contributed by atoms with Crippen LogP contribution < -0.4 is 33.1 Å². The van der Waals surface area contributed by atoms with Crippen molar-refractivity contribution in [1.29, 1.82) is 0 Å². The van der Waals surface area contributed by atoms with Gasteiger partial charge in [0.15, 0.2) is 0 Å². The van der Waals surface area contributed by atoms with Crippen molar-refractivity contribution in [3.63, 3.8) is 0 Å². The van der Waals surface area contributed by atoms with Gasteiger partial charge in [-0.3, -0.25) is 17.3 Å². The fraction of sp³-hybridized carbons (Fsp3) is 0. The number of nitrogens with two attached hydrogens (primary N) is 3. The third-order valence-corrected chi connectivity index (χ3v) is 0.995. The Morgan fingerprint density at radius 1 is 1.53 bits per heavy atom. The summed E-state index contributed by atoms with van der Waals surface area (Å²) in [6.45, 7) is 0. The van der Waals surface area contributed by atoms with Gasteiger partial charge in [0.25, 0.3) is 0 Å². The molecule has 1 aromatic heterocycles. The molecule has 1 rings (SSSR count). The molecule has 0 radical (unpaired) electrons. The normalized spacial score (nSPS) is 8.47. The number of rotatable bonds is 3. The Morgan fingerprint density at radius 2 is 2.06 bits per heavy atom. The van der Waals surface area contributed by atoms with Crippen LogP contribution in [0.15, 0.2) is 0 Å². The smallest absolute Gasteiger partial charge is 0.360 e.